The molecule has 0 atom stereocenters. The molecule has 3 heterocycles. The highest BCUT2D eigenvalue weighted by atomic mass is 79.9. The van der Waals surface area contributed by atoms with E-state index in [2.05, 4.69) is 30.8 Å². The van der Waals surface area contributed by atoms with Crippen molar-refractivity contribution in [2.75, 3.05) is 31.2 Å². The zero-order valence-corrected chi connectivity index (χ0v) is 13.8. The molecule has 2 fully saturated rings. The van der Waals surface area contributed by atoms with E-state index in [-0.39, 0.29) is 0 Å². The van der Waals surface area contributed by atoms with Crippen LogP contribution in [0.1, 0.15) is 12.8 Å². The van der Waals surface area contributed by atoms with Gasteiger partial charge >= 0.3 is 0 Å². The maximum absolute atomic E-state index is 6.03. The van der Waals surface area contributed by atoms with Crippen LogP contribution < -0.4 is 4.90 Å². The fraction of sp³-hybridized carbons (Fsp3) is 0.500. The molecule has 22 heavy (non-hydrogen) atoms. The van der Waals surface area contributed by atoms with Gasteiger partial charge in [0.15, 0.2) is 0 Å². The molecule has 0 saturated carbocycles. The third-order valence-corrected chi connectivity index (χ3v) is 4.99. The van der Waals surface area contributed by atoms with Crippen molar-refractivity contribution in [1.82, 2.24) is 9.97 Å². The Bertz CT molecular complexity index is 664. The molecule has 2 aliphatic rings. The normalized spacial score (nSPS) is 20.3. The number of fused-ring (bicyclic) bond motifs is 1. The molecule has 2 aromatic rings. The summed E-state index contributed by atoms with van der Waals surface area (Å²) in [4.78, 5) is 11.2. The smallest absolute Gasteiger partial charge is 0.141 e. The zero-order valence-electron chi connectivity index (χ0n) is 12.2. The predicted molar refractivity (Wildman–Crippen MR) is 88.2 cm³/mol. The zero-order chi connectivity index (χ0) is 14.9. The lowest BCUT2D eigenvalue weighted by molar-refractivity contribution is -0.157. The fourth-order valence-electron chi connectivity index (χ4n) is 3.06. The lowest BCUT2D eigenvalue weighted by Gasteiger charge is -2.36. The summed E-state index contributed by atoms with van der Waals surface area (Å²) in [7, 11) is 0. The summed E-state index contributed by atoms with van der Waals surface area (Å²) in [6.45, 7) is 3.44. The van der Waals surface area contributed by atoms with Gasteiger partial charge in [-0.3, -0.25) is 0 Å². The van der Waals surface area contributed by atoms with E-state index in [0.29, 0.717) is 12.2 Å². The van der Waals surface area contributed by atoms with Crippen LogP contribution in [0.25, 0.3) is 10.9 Å². The number of hydrogen-bond donors (Lipinski definition) is 0. The second-order valence-corrected chi connectivity index (χ2v) is 6.67. The maximum atomic E-state index is 6.03. The molecule has 2 saturated heterocycles. The number of piperidine rings is 1. The van der Waals surface area contributed by atoms with Gasteiger partial charge in [0.2, 0.25) is 0 Å². The van der Waals surface area contributed by atoms with Gasteiger partial charge in [-0.2, -0.15) is 0 Å². The number of halogens is 1. The topological polar surface area (TPSA) is 47.5 Å². The van der Waals surface area contributed by atoms with Crippen LogP contribution in [0.4, 0.5) is 5.82 Å². The van der Waals surface area contributed by atoms with E-state index in [1.54, 1.807) is 6.33 Å². The third kappa shape index (κ3) is 2.71. The molecule has 0 spiro atoms. The number of rotatable bonds is 3. The number of benzene rings is 1. The summed E-state index contributed by atoms with van der Waals surface area (Å²) in [6, 6.07) is 6.07. The van der Waals surface area contributed by atoms with E-state index >= 15 is 0 Å². The van der Waals surface area contributed by atoms with Crippen LogP contribution in [0.15, 0.2) is 29.0 Å². The van der Waals surface area contributed by atoms with Gasteiger partial charge in [0.25, 0.3) is 0 Å². The summed E-state index contributed by atoms with van der Waals surface area (Å²) in [5.74, 6) is 1.02. The number of aromatic nitrogens is 2. The molecule has 0 amide bonds. The SMILES string of the molecule is Brc1cccc2ncnc(N3CCC(OC4COC4)CC3)c12. The quantitative estimate of drug-likeness (QED) is 0.838. The highest BCUT2D eigenvalue weighted by molar-refractivity contribution is 9.10. The van der Waals surface area contributed by atoms with E-state index in [1.165, 1.54) is 0 Å². The minimum atomic E-state index is 0.311. The summed E-state index contributed by atoms with van der Waals surface area (Å²) in [5, 5.41) is 1.09. The van der Waals surface area contributed by atoms with E-state index < -0.39 is 0 Å². The van der Waals surface area contributed by atoms with Gasteiger partial charge in [-0.15, -0.1) is 0 Å². The lowest BCUT2D eigenvalue weighted by Crippen LogP contribution is -2.44. The third-order valence-electron chi connectivity index (χ3n) is 4.33. The van der Waals surface area contributed by atoms with Crippen molar-refractivity contribution in [1.29, 1.82) is 0 Å². The summed E-state index contributed by atoms with van der Waals surface area (Å²) in [6.07, 6.45) is 4.38. The number of anilines is 1. The van der Waals surface area contributed by atoms with Gasteiger partial charge in [-0.25, -0.2) is 9.97 Å². The molecular formula is C16H18BrN3O2. The summed E-state index contributed by atoms with van der Waals surface area (Å²) < 4.78 is 12.2. The van der Waals surface area contributed by atoms with Crippen molar-refractivity contribution in [3.8, 4) is 0 Å². The molecule has 0 bridgehead atoms. The number of ether oxygens (including phenoxy) is 2. The standard InChI is InChI=1S/C16H18BrN3O2/c17-13-2-1-3-14-15(13)16(19-10-18-14)20-6-4-11(5-7-20)22-12-8-21-9-12/h1-3,10-12H,4-9H2. The fourth-order valence-corrected chi connectivity index (χ4v) is 3.59. The Kier molecular flexibility index (Phi) is 3.98. The van der Waals surface area contributed by atoms with E-state index in [4.69, 9.17) is 9.47 Å². The van der Waals surface area contributed by atoms with Crippen LogP contribution in [0.2, 0.25) is 0 Å². The van der Waals surface area contributed by atoms with E-state index in [9.17, 15) is 0 Å². The predicted octanol–water partition coefficient (Wildman–Crippen LogP) is 2.78. The molecule has 2 aliphatic heterocycles. The molecule has 1 aromatic heterocycles. The van der Waals surface area contributed by atoms with Gasteiger partial charge in [0.05, 0.1) is 30.2 Å². The Morgan fingerprint density at radius 3 is 2.68 bits per heavy atom. The first kappa shape index (κ1) is 14.4. The second kappa shape index (κ2) is 6.10. The maximum Gasteiger partial charge on any atom is 0.141 e. The van der Waals surface area contributed by atoms with Crippen LogP contribution in [0.3, 0.4) is 0 Å². The molecule has 1 aromatic carbocycles. The largest absolute Gasteiger partial charge is 0.376 e. The molecule has 0 radical (unpaired) electrons. The molecular weight excluding hydrogens is 346 g/mol. The van der Waals surface area contributed by atoms with Crippen molar-refractivity contribution in [3.05, 3.63) is 29.0 Å². The van der Waals surface area contributed by atoms with Crippen LogP contribution in [0.5, 0.6) is 0 Å². The molecule has 6 heteroatoms. The Morgan fingerprint density at radius 2 is 1.95 bits per heavy atom. The van der Waals surface area contributed by atoms with Gasteiger partial charge < -0.3 is 14.4 Å². The molecule has 0 unspecified atom stereocenters. The minimum absolute atomic E-state index is 0.311. The minimum Gasteiger partial charge on any atom is -0.376 e. The first-order chi connectivity index (χ1) is 10.8. The Balaban J connectivity index is 1.51. The highest BCUT2D eigenvalue weighted by Crippen LogP contribution is 2.32. The van der Waals surface area contributed by atoms with Gasteiger partial charge in [-0.1, -0.05) is 6.07 Å². The Hall–Kier alpha value is -1.24. The number of hydrogen-bond acceptors (Lipinski definition) is 5. The highest BCUT2D eigenvalue weighted by Gasteiger charge is 2.27. The molecule has 0 aliphatic carbocycles. The van der Waals surface area contributed by atoms with Gasteiger partial charge in [-0.05, 0) is 40.9 Å². The molecule has 4 rings (SSSR count). The average molecular weight is 364 g/mol. The summed E-state index contributed by atoms with van der Waals surface area (Å²) in [5.41, 5.74) is 0.976. The van der Waals surface area contributed by atoms with Gasteiger partial charge in [0, 0.05) is 17.6 Å². The first-order valence-electron chi connectivity index (χ1n) is 7.68. The van der Waals surface area contributed by atoms with Gasteiger partial charge in [0.1, 0.15) is 18.2 Å². The lowest BCUT2D eigenvalue weighted by atomic mass is 10.1. The molecule has 5 nitrogen and oxygen atoms in total. The number of nitrogens with zero attached hydrogens (tertiary/aromatic N) is 3. The van der Waals surface area contributed by atoms with E-state index in [1.807, 2.05) is 18.2 Å². The van der Waals surface area contributed by atoms with E-state index in [0.717, 1.165) is 60.3 Å². The Labute approximate surface area is 137 Å². The Morgan fingerprint density at radius 1 is 1.14 bits per heavy atom. The average Bonchev–Trinajstić information content (AvgIpc) is 2.51. The van der Waals surface area contributed by atoms with Crippen LogP contribution in [-0.2, 0) is 9.47 Å². The van der Waals surface area contributed by atoms with Crippen molar-refractivity contribution >= 4 is 32.7 Å². The first-order valence-corrected chi connectivity index (χ1v) is 8.48. The van der Waals surface area contributed by atoms with Crippen LogP contribution in [0, 0.1) is 0 Å². The monoisotopic (exact) mass is 363 g/mol. The molecule has 116 valence electrons. The van der Waals surface area contributed by atoms with Crippen molar-refractivity contribution < 1.29 is 9.47 Å². The van der Waals surface area contributed by atoms with Crippen LogP contribution in [-0.4, -0.2) is 48.5 Å². The van der Waals surface area contributed by atoms with Crippen LogP contribution >= 0.6 is 15.9 Å². The van der Waals surface area contributed by atoms with Crippen molar-refractivity contribution in [3.63, 3.8) is 0 Å². The summed E-state index contributed by atoms with van der Waals surface area (Å²) >= 11 is 3.63. The van der Waals surface area contributed by atoms with Crippen molar-refractivity contribution in [2.24, 2.45) is 0 Å². The second-order valence-electron chi connectivity index (χ2n) is 5.81. The molecule has 0 N–H and O–H groups in total. The van der Waals surface area contributed by atoms with Crippen molar-refractivity contribution in [2.45, 2.75) is 25.0 Å².